The minimum absolute atomic E-state index is 0.0921. The van der Waals surface area contributed by atoms with Crippen LogP contribution < -0.4 is 15.6 Å². The van der Waals surface area contributed by atoms with E-state index in [1.165, 1.54) is 5.56 Å². The molecule has 2 aromatic rings. The van der Waals surface area contributed by atoms with Crippen LogP contribution in [-0.2, 0) is 22.4 Å². The van der Waals surface area contributed by atoms with E-state index >= 15 is 0 Å². The van der Waals surface area contributed by atoms with Gasteiger partial charge in [0.1, 0.15) is 5.54 Å². The van der Waals surface area contributed by atoms with E-state index in [1.807, 2.05) is 53.4 Å². The van der Waals surface area contributed by atoms with Crippen molar-refractivity contribution in [1.82, 2.24) is 15.8 Å². The van der Waals surface area contributed by atoms with Crippen LogP contribution in [0.2, 0.25) is 0 Å². The number of rotatable bonds is 6. The summed E-state index contributed by atoms with van der Waals surface area (Å²) in [5, 5.41) is 3.56. The van der Waals surface area contributed by atoms with Crippen LogP contribution >= 0.6 is 0 Å². The summed E-state index contributed by atoms with van der Waals surface area (Å²) in [6.07, 6.45) is 3.05. The average molecular weight is 406 g/mol. The molecule has 7 nitrogen and oxygen atoms in total. The second-order valence-corrected chi connectivity index (χ2v) is 8.08. The lowest BCUT2D eigenvalue weighted by atomic mass is 9.93. The van der Waals surface area contributed by atoms with Crippen LogP contribution in [-0.4, -0.2) is 41.5 Å². The van der Waals surface area contributed by atoms with Crippen molar-refractivity contribution >= 4 is 23.5 Å². The molecule has 4 amide bonds. The molecule has 2 aliphatic rings. The highest BCUT2D eigenvalue weighted by Gasteiger charge is 2.48. The Morgan fingerprint density at radius 2 is 1.83 bits per heavy atom. The van der Waals surface area contributed by atoms with Crippen molar-refractivity contribution in [3.8, 4) is 0 Å². The van der Waals surface area contributed by atoms with Gasteiger partial charge in [-0.05, 0) is 49.8 Å². The summed E-state index contributed by atoms with van der Waals surface area (Å²) in [5.41, 5.74) is 4.79. The molecule has 0 aliphatic carbocycles. The largest absolute Gasteiger partial charge is 0.362 e. The normalized spacial score (nSPS) is 20.7. The smallest absolute Gasteiger partial charge is 0.344 e. The second-order valence-electron chi connectivity index (χ2n) is 8.08. The van der Waals surface area contributed by atoms with Crippen molar-refractivity contribution in [2.75, 3.05) is 18.0 Å². The highest BCUT2D eigenvalue weighted by atomic mass is 16.2. The molecular weight excluding hydrogens is 380 g/mol. The van der Waals surface area contributed by atoms with Crippen LogP contribution in [0.3, 0.4) is 0 Å². The fraction of sp³-hybridized carbons (Fsp3) is 0.348. The SMILES string of the molecule is C[C@]1(CCc2ccccc2)NC(=O)N(NC(=O)CN2CCCc3ccccc32)C1=O. The molecule has 7 heteroatoms. The standard InChI is InChI=1S/C23H26N4O3/c1-23(14-13-17-8-3-2-4-9-17)21(29)27(22(30)24-23)25-20(28)16-26-15-7-11-18-10-5-6-12-19(18)26/h2-6,8-10,12H,7,11,13-16H2,1H3,(H,24,30)(H,25,28)/t23-/m1/s1. The lowest BCUT2D eigenvalue weighted by Crippen LogP contribution is -2.51. The molecule has 0 radical (unpaired) electrons. The van der Waals surface area contributed by atoms with E-state index in [0.717, 1.165) is 35.6 Å². The quantitative estimate of drug-likeness (QED) is 0.722. The van der Waals surface area contributed by atoms with Crippen LogP contribution in [0.1, 0.15) is 30.9 Å². The molecule has 2 heterocycles. The summed E-state index contributed by atoms with van der Waals surface area (Å²) in [6.45, 7) is 2.55. The van der Waals surface area contributed by atoms with Gasteiger partial charge >= 0.3 is 6.03 Å². The lowest BCUT2D eigenvalue weighted by Gasteiger charge is -2.31. The Morgan fingerprint density at radius 1 is 1.10 bits per heavy atom. The summed E-state index contributed by atoms with van der Waals surface area (Å²) < 4.78 is 0. The van der Waals surface area contributed by atoms with Crippen LogP contribution in [0.4, 0.5) is 10.5 Å². The molecule has 0 bridgehead atoms. The zero-order valence-electron chi connectivity index (χ0n) is 17.1. The number of nitrogens with zero attached hydrogens (tertiary/aromatic N) is 2. The molecule has 156 valence electrons. The number of fused-ring (bicyclic) bond motifs is 1. The van der Waals surface area contributed by atoms with E-state index < -0.39 is 17.5 Å². The van der Waals surface area contributed by atoms with Gasteiger partial charge in [0.2, 0.25) is 0 Å². The van der Waals surface area contributed by atoms with Gasteiger partial charge in [-0.2, -0.15) is 5.01 Å². The van der Waals surface area contributed by atoms with E-state index in [4.69, 9.17) is 0 Å². The number of carbonyl (C=O) groups excluding carboxylic acids is 3. The second kappa shape index (κ2) is 8.18. The number of anilines is 1. The monoisotopic (exact) mass is 406 g/mol. The summed E-state index contributed by atoms with van der Waals surface area (Å²) >= 11 is 0. The highest BCUT2D eigenvalue weighted by molar-refractivity contribution is 6.07. The number of imide groups is 1. The summed E-state index contributed by atoms with van der Waals surface area (Å²) in [5.74, 6) is -0.821. The van der Waals surface area contributed by atoms with Gasteiger partial charge in [0, 0.05) is 12.2 Å². The van der Waals surface area contributed by atoms with E-state index in [0.29, 0.717) is 12.8 Å². The first-order valence-corrected chi connectivity index (χ1v) is 10.3. The summed E-state index contributed by atoms with van der Waals surface area (Å²) in [6, 6.07) is 17.2. The number of hydrazine groups is 1. The van der Waals surface area contributed by atoms with Gasteiger partial charge in [-0.15, -0.1) is 0 Å². The Labute approximate surface area is 176 Å². The van der Waals surface area contributed by atoms with Crippen molar-refractivity contribution in [2.45, 2.75) is 38.1 Å². The lowest BCUT2D eigenvalue weighted by molar-refractivity contribution is -0.138. The molecule has 2 aromatic carbocycles. The number of amides is 4. The molecule has 0 unspecified atom stereocenters. The third-order valence-corrected chi connectivity index (χ3v) is 5.79. The molecule has 4 rings (SSSR count). The maximum atomic E-state index is 12.9. The topological polar surface area (TPSA) is 81.8 Å². The van der Waals surface area contributed by atoms with E-state index in [2.05, 4.69) is 16.8 Å². The molecule has 2 N–H and O–H groups in total. The predicted molar refractivity (Wildman–Crippen MR) is 114 cm³/mol. The molecule has 2 aliphatic heterocycles. The third-order valence-electron chi connectivity index (χ3n) is 5.79. The number of hydrogen-bond donors (Lipinski definition) is 2. The van der Waals surface area contributed by atoms with Crippen LogP contribution in [0, 0.1) is 0 Å². The molecule has 1 saturated heterocycles. The first-order valence-electron chi connectivity index (χ1n) is 10.3. The number of benzene rings is 2. The molecule has 0 aromatic heterocycles. The number of carbonyl (C=O) groups is 3. The number of hydrogen-bond acceptors (Lipinski definition) is 4. The summed E-state index contributed by atoms with van der Waals surface area (Å²) in [4.78, 5) is 39.9. The van der Waals surface area contributed by atoms with Crippen LogP contribution in [0.25, 0.3) is 0 Å². The van der Waals surface area contributed by atoms with E-state index in [1.54, 1.807) is 6.92 Å². The molecular formula is C23H26N4O3. The highest BCUT2D eigenvalue weighted by Crippen LogP contribution is 2.26. The van der Waals surface area contributed by atoms with Crippen molar-refractivity contribution < 1.29 is 14.4 Å². The van der Waals surface area contributed by atoms with Crippen molar-refractivity contribution in [3.63, 3.8) is 0 Å². The molecule has 1 atom stereocenters. The molecule has 1 fully saturated rings. The number of nitrogens with one attached hydrogen (secondary N) is 2. The Morgan fingerprint density at radius 3 is 2.63 bits per heavy atom. The van der Waals surface area contributed by atoms with Gasteiger partial charge in [0.05, 0.1) is 6.54 Å². The van der Waals surface area contributed by atoms with Gasteiger partial charge in [-0.1, -0.05) is 48.5 Å². The molecule has 0 saturated carbocycles. The number of urea groups is 1. The number of para-hydroxylation sites is 1. The maximum Gasteiger partial charge on any atom is 0.344 e. The molecule has 30 heavy (non-hydrogen) atoms. The summed E-state index contributed by atoms with van der Waals surface area (Å²) in [7, 11) is 0. The Kier molecular flexibility index (Phi) is 5.44. The van der Waals surface area contributed by atoms with Gasteiger partial charge in [-0.25, -0.2) is 4.79 Å². The van der Waals surface area contributed by atoms with Gasteiger partial charge < -0.3 is 10.2 Å². The van der Waals surface area contributed by atoms with Crippen molar-refractivity contribution in [2.24, 2.45) is 0 Å². The Balaban J connectivity index is 1.38. The average Bonchev–Trinajstić information content (AvgIpc) is 2.97. The minimum Gasteiger partial charge on any atom is -0.362 e. The number of aryl methyl sites for hydroxylation is 2. The zero-order chi connectivity index (χ0) is 21.1. The van der Waals surface area contributed by atoms with Gasteiger partial charge in [0.25, 0.3) is 11.8 Å². The predicted octanol–water partition coefficient (Wildman–Crippen LogP) is 2.41. The fourth-order valence-corrected chi connectivity index (χ4v) is 4.10. The van der Waals surface area contributed by atoms with E-state index in [-0.39, 0.29) is 12.5 Å². The Bertz CT molecular complexity index is 962. The van der Waals surface area contributed by atoms with Crippen LogP contribution in [0.5, 0.6) is 0 Å². The van der Waals surface area contributed by atoms with Crippen molar-refractivity contribution in [1.29, 1.82) is 0 Å². The maximum absolute atomic E-state index is 12.9. The Hall–Kier alpha value is -3.35. The zero-order valence-corrected chi connectivity index (χ0v) is 17.1. The first-order chi connectivity index (χ1) is 14.5. The van der Waals surface area contributed by atoms with E-state index in [9.17, 15) is 14.4 Å². The van der Waals surface area contributed by atoms with Gasteiger partial charge in [0.15, 0.2) is 0 Å². The first kappa shape index (κ1) is 19.9. The van der Waals surface area contributed by atoms with Crippen molar-refractivity contribution in [3.05, 3.63) is 65.7 Å². The fourth-order valence-electron chi connectivity index (χ4n) is 4.10. The molecule has 0 spiro atoms. The van der Waals surface area contributed by atoms with Gasteiger partial charge in [-0.3, -0.25) is 15.0 Å². The minimum atomic E-state index is -1.04. The van der Waals surface area contributed by atoms with Crippen LogP contribution in [0.15, 0.2) is 54.6 Å². The third kappa shape index (κ3) is 4.01.